The molecule has 2 aliphatic heterocycles. The van der Waals surface area contributed by atoms with Crippen molar-refractivity contribution in [3.05, 3.63) is 30.3 Å². The smallest absolute Gasteiger partial charge is 0.222 e. The third-order valence-electron chi connectivity index (χ3n) is 6.60. The first kappa shape index (κ1) is 27.1. The van der Waals surface area contributed by atoms with E-state index >= 15 is 0 Å². The van der Waals surface area contributed by atoms with E-state index in [1.807, 2.05) is 35.2 Å². The fraction of sp³-hybridized carbons (Fsp3) is 0.593. The number of nitrogens with zero attached hydrogens (tertiary/aromatic N) is 4. The van der Waals surface area contributed by atoms with Gasteiger partial charge in [-0.2, -0.15) is 0 Å². The highest BCUT2D eigenvalue weighted by atomic mass is 16.5. The van der Waals surface area contributed by atoms with Gasteiger partial charge in [0.2, 0.25) is 5.91 Å². The lowest BCUT2D eigenvalue weighted by molar-refractivity contribution is -0.130. The number of carbonyl (C=O) groups excluding carboxylic acids is 1. The zero-order valence-electron chi connectivity index (χ0n) is 21.8. The molecule has 10 nitrogen and oxygen atoms in total. The minimum absolute atomic E-state index is 0.200. The third kappa shape index (κ3) is 8.28. The van der Waals surface area contributed by atoms with Gasteiger partial charge < -0.3 is 35.0 Å². The zero-order chi connectivity index (χ0) is 25.9. The molecule has 1 amide bonds. The van der Waals surface area contributed by atoms with Crippen LogP contribution in [0.2, 0.25) is 0 Å². The van der Waals surface area contributed by atoms with E-state index in [4.69, 9.17) is 19.4 Å². The van der Waals surface area contributed by atoms with Crippen molar-refractivity contribution >= 4 is 17.5 Å². The second-order valence-corrected chi connectivity index (χ2v) is 9.56. The van der Waals surface area contributed by atoms with Gasteiger partial charge in [0.25, 0.3) is 0 Å². The number of hydrogen-bond acceptors (Lipinski definition) is 9. The Hall–Kier alpha value is -2.95. The number of nitrogens with one attached hydrogen (secondary N) is 2. The molecule has 0 spiro atoms. The quantitative estimate of drug-likeness (QED) is 0.368. The van der Waals surface area contributed by atoms with Crippen LogP contribution >= 0.6 is 0 Å². The van der Waals surface area contributed by atoms with E-state index in [2.05, 4.69) is 15.5 Å². The van der Waals surface area contributed by atoms with Gasteiger partial charge in [0.1, 0.15) is 30.1 Å². The first-order chi connectivity index (χ1) is 18.1. The summed E-state index contributed by atoms with van der Waals surface area (Å²) in [5.41, 5.74) is 0.842. The summed E-state index contributed by atoms with van der Waals surface area (Å²) in [6, 6.07) is 9.62. The van der Waals surface area contributed by atoms with Crippen LogP contribution in [0.5, 0.6) is 5.75 Å². The summed E-state index contributed by atoms with van der Waals surface area (Å²) < 4.78 is 11.3. The molecule has 2 saturated heterocycles. The predicted octanol–water partition coefficient (Wildman–Crippen LogP) is 2.14. The number of morpholine rings is 1. The van der Waals surface area contributed by atoms with E-state index < -0.39 is 6.10 Å². The Kier molecular flexibility index (Phi) is 10.3. The molecule has 2 fully saturated rings. The van der Waals surface area contributed by atoms with Crippen LogP contribution in [0.1, 0.15) is 32.1 Å². The van der Waals surface area contributed by atoms with E-state index in [-0.39, 0.29) is 12.5 Å². The molecule has 3 heterocycles. The molecule has 0 aliphatic carbocycles. The van der Waals surface area contributed by atoms with Crippen LogP contribution in [0, 0.1) is 0 Å². The number of aliphatic hydroxyl groups is 1. The van der Waals surface area contributed by atoms with Gasteiger partial charge in [0.15, 0.2) is 5.82 Å². The van der Waals surface area contributed by atoms with Crippen LogP contribution < -0.4 is 20.3 Å². The maximum Gasteiger partial charge on any atom is 0.222 e. The van der Waals surface area contributed by atoms with Gasteiger partial charge in [0, 0.05) is 57.3 Å². The van der Waals surface area contributed by atoms with Crippen molar-refractivity contribution in [3.8, 4) is 17.1 Å². The van der Waals surface area contributed by atoms with Crippen molar-refractivity contribution in [2.75, 3.05) is 76.4 Å². The van der Waals surface area contributed by atoms with Crippen molar-refractivity contribution in [1.82, 2.24) is 20.2 Å². The normalized spacial score (nSPS) is 17.4. The van der Waals surface area contributed by atoms with Crippen LogP contribution in [-0.2, 0) is 9.53 Å². The molecule has 37 heavy (non-hydrogen) atoms. The fourth-order valence-corrected chi connectivity index (χ4v) is 4.58. The Labute approximate surface area is 219 Å². The Morgan fingerprint density at radius 1 is 1.14 bits per heavy atom. The number of amides is 1. The topological polar surface area (TPSA) is 112 Å². The van der Waals surface area contributed by atoms with Gasteiger partial charge in [-0.3, -0.25) is 4.79 Å². The van der Waals surface area contributed by atoms with Crippen molar-refractivity contribution in [2.24, 2.45) is 0 Å². The predicted molar refractivity (Wildman–Crippen MR) is 144 cm³/mol. The Morgan fingerprint density at radius 3 is 2.84 bits per heavy atom. The molecule has 202 valence electrons. The minimum atomic E-state index is -0.588. The Balaban J connectivity index is 1.45. The lowest BCUT2D eigenvalue weighted by Crippen LogP contribution is -2.37. The molecular formula is C27H40N6O4. The molecule has 4 rings (SSSR count). The van der Waals surface area contributed by atoms with Gasteiger partial charge in [-0.15, -0.1) is 0 Å². The molecule has 0 radical (unpaired) electrons. The second kappa shape index (κ2) is 14.1. The summed E-state index contributed by atoms with van der Waals surface area (Å²) in [6.07, 6.45) is 4.17. The number of anilines is 2. The van der Waals surface area contributed by atoms with Crippen molar-refractivity contribution in [2.45, 2.75) is 38.2 Å². The number of likely N-dealkylation sites (N-methyl/N-ethyl adjacent to an activating group) is 1. The van der Waals surface area contributed by atoms with Gasteiger partial charge in [0.05, 0.1) is 13.2 Å². The number of benzene rings is 1. The average Bonchev–Trinajstić information content (AvgIpc) is 3.14. The monoisotopic (exact) mass is 512 g/mol. The maximum atomic E-state index is 12.3. The van der Waals surface area contributed by atoms with E-state index in [1.54, 1.807) is 7.05 Å². The molecule has 10 heteroatoms. The SMILES string of the molecule is CNCC(O)COc1cccc(-c2nc(NCCCN3CCCCCC3=O)cc(N3CCOCC3)n2)c1. The molecule has 0 saturated carbocycles. The molecule has 1 aromatic carbocycles. The van der Waals surface area contributed by atoms with E-state index in [1.165, 1.54) is 0 Å². The van der Waals surface area contributed by atoms with Gasteiger partial charge in [-0.25, -0.2) is 9.97 Å². The number of rotatable bonds is 12. The highest BCUT2D eigenvalue weighted by molar-refractivity contribution is 5.76. The second-order valence-electron chi connectivity index (χ2n) is 9.56. The van der Waals surface area contributed by atoms with E-state index in [9.17, 15) is 9.90 Å². The van der Waals surface area contributed by atoms with Crippen LogP contribution in [0.4, 0.5) is 11.6 Å². The van der Waals surface area contributed by atoms with Gasteiger partial charge >= 0.3 is 0 Å². The zero-order valence-corrected chi connectivity index (χ0v) is 21.8. The van der Waals surface area contributed by atoms with Crippen molar-refractivity contribution in [1.29, 1.82) is 0 Å². The van der Waals surface area contributed by atoms with E-state index in [0.717, 1.165) is 75.6 Å². The number of aromatic nitrogens is 2. The molecule has 1 unspecified atom stereocenters. The summed E-state index contributed by atoms with van der Waals surface area (Å²) in [7, 11) is 1.79. The minimum Gasteiger partial charge on any atom is -0.491 e. The lowest BCUT2D eigenvalue weighted by Gasteiger charge is -2.28. The van der Waals surface area contributed by atoms with Gasteiger partial charge in [-0.1, -0.05) is 18.6 Å². The number of likely N-dealkylation sites (tertiary alicyclic amines) is 1. The Morgan fingerprint density at radius 2 is 2.00 bits per heavy atom. The largest absolute Gasteiger partial charge is 0.491 e. The summed E-state index contributed by atoms with van der Waals surface area (Å²) in [5, 5.41) is 16.4. The number of carbonyl (C=O) groups is 1. The standard InChI is InChI=1S/C27H40N6O4/c1-28-19-22(34)20-37-23-8-5-7-21(17-23)27-30-24(18-25(31-27)32-13-15-36-16-14-32)29-10-6-12-33-11-4-2-3-9-26(33)35/h5,7-8,17-18,22,28,34H,2-4,6,9-16,19-20H2,1H3,(H,29,30,31). The fourth-order valence-electron chi connectivity index (χ4n) is 4.58. The maximum absolute atomic E-state index is 12.3. The van der Waals surface area contributed by atoms with Crippen molar-refractivity contribution in [3.63, 3.8) is 0 Å². The molecule has 3 N–H and O–H groups in total. The number of ether oxygens (including phenoxy) is 2. The molecule has 1 atom stereocenters. The molecule has 1 aromatic heterocycles. The van der Waals surface area contributed by atoms with Crippen LogP contribution in [0.3, 0.4) is 0 Å². The summed E-state index contributed by atoms with van der Waals surface area (Å²) in [5.74, 6) is 3.15. The summed E-state index contributed by atoms with van der Waals surface area (Å²) in [6.45, 7) is 5.90. The number of hydrogen-bond donors (Lipinski definition) is 3. The molecule has 2 aromatic rings. The third-order valence-corrected chi connectivity index (χ3v) is 6.60. The van der Waals surface area contributed by atoms with E-state index in [0.29, 0.717) is 37.8 Å². The number of aliphatic hydroxyl groups excluding tert-OH is 1. The highest BCUT2D eigenvalue weighted by Crippen LogP contribution is 2.26. The first-order valence-electron chi connectivity index (χ1n) is 13.4. The first-order valence-corrected chi connectivity index (χ1v) is 13.4. The summed E-state index contributed by atoms with van der Waals surface area (Å²) in [4.78, 5) is 26.2. The highest BCUT2D eigenvalue weighted by Gasteiger charge is 2.18. The molecule has 0 bridgehead atoms. The van der Waals surface area contributed by atoms with Gasteiger partial charge in [-0.05, 0) is 38.4 Å². The van der Waals surface area contributed by atoms with Crippen molar-refractivity contribution < 1.29 is 19.4 Å². The Bertz CT molecular complexity index is 1000. The molecular weight excluding hydrogens is 472 g/mol. The summed E-state index contributed by atoms with van der Waals surface area (Å²) >= 11 is 0. The average molecular weight is 513 g/mol. The van der Waals surface area contributed by atoms with Crippen LogP contribution in [0.25, 0.3) is 11.4 Å². The van der Waals surface area contributed by atoms with Crippen LogP contribution in [-0.4, -0.2) is 98.1 Å². The lowest BCUT2D eigenvalue weighted by atomic mass is 10.2. The molecule has 2 aliphatic rings. The van der Waals surface area contributed by atoms with Crippen LogP contribution in [0.15, 0.2) is 30.3 Å².